The van der Waals surface area contributed by atoms with Gasteiger partial charge in [0.15, 0.2) is 0 Å². The van der Waals surface area contributed by atoms with Gasteiger partial charge in [-0.05, 0) is 38.7 Å². The molecule has 1 aromatic heterocycles. The van der Waals surface area contributed by atoms with Gasteiger partial charge in [-0.15, -0.1) is 0 Å². The van der Waals surface area contributed by atoms with Gasteiger partial charge in [0.05, 0.1) is 5.92 Å². The van der Waals surface area contributed by atoms with Crippen LogP contribution in [0.5, 0.6) is 0 Å². The second-order valence-electron chi connectivity index (χ2n) is 5.70. The Kier molecular flexibility index (Phi) is 4.77. The Bertz CT molecular complexity index is 588. The number of ether oxygens (including phenoxy) is 1. The lowest BCUT2D eigenvalue weighted by Crippen LogP contribution is -2.34. The Morgan fingerprint density at radius 3 is 2.62 bits per heavy atom. The van der Waals surface area contributed by atoms with Gasteiger partial charge in [0.1, 0.15) is 0 Å². The van der Waals surface area contributed by atoms with Crippen LogP contribution in [0.15, 0.2) is 4.79 Å². The maximum atomic E-state index is 12.2. The molecule has 0 bridgehead atoms. The van der Waals surface area contributed by atoms with Crippen LogP contribution in [-0.4, -0.2) is 33.8 Å². The summed E-state index contributed by atoms with van der Waals surface area (Å²) in [6.45, 7) is 6.61. The van der Waals surface area contributed by atoms with Crippen LogP contribution in [0.1, 0.15) is 42.8 Å². The molecule has 0 aromatic carbocycles. The van der Waals surface area contributed by atoms with E-state index in [-0.39, 0.29) is 11.7 Å². The number of rotatable bonds is 4. The summed E-state index contributed by atoms with van der Waals surface area (Å²) in [4.78, 5) is 27.4. The van der Waals surface area contributed by atoms with Crippen LogP contribution in [-0.2, 0) is 16.0 Å². The predicted octanol–water partition coefficient (Wildman–Crippen LogP) is 1.47. The summed E-state index contributed by atoms with van der Waals surface area (Å²) in [6.07, 6.45) is 1.97. The van der Waals surface area contributed by atoms with Gasteiger partial charge in [0.2, 0.25) is 0 Å². The molecule has 6 heteroatoms. The maximum Gasteiger partial charge on any atom is 0.348 e. The van der Waals surface area contributed by atoms with Gasteiger partial charge < -0.3 is 9.84 Å². The molecule has 1 aliphatic rings. The van der Waals surface area contributed by atoms with Crippen molar-refractivity contribution in [2.75, 3.05) is 13.2 Å². The monoisotopic (exact) mass is 294 g/mol. The first-order valence-electron chi connectivity index (χ1n) is 7.31. The van der Waals surface area contributed by atoms with E-state index in [2.05, 4.69) is 4.98 Å². The van der Waals surface area contributed by atoms with Crippen molar-refractivity contribution < 1.29 is 14.6 Å². The van der Waals surface area contributed by atoms with Crippen LogP contribution in [0.25, 0.3) is 0 Å². The first-order chi connectivity index (χ1) is 9.91. The molecule has 0 spiro atoms. The molecule has 21 heavy (non-hydrogen) atoms. The van der Waals surface area contributed by atoms with Crippen molar-refractivity contribution in [1.82, 2.24) is 9.55 Å². The molecule has 0 saturated carbocycles. The second kappa shape index (κ2) is 6.39. The molecule has 2 rings (SSSR count). The molecule has 116 valence electrons. The number of hydrogen-bond acceptors (Lipinski definition) is 4. The molecule has 1 atom stereocenters. The molecule has 1 unspecified atom stereocenters. The summed E-state index contributed by atoms with van der Waals surface area (Å²) in [6, 6.07) is 0.0956. The third kappa shape index (κ3) is 3.32. The number of aryl methyl sites for hydroxylation is 1. The number of hydrogen-bond donors (Lipinski definition) is 1. The maximum absolute atomic E-state index is 12.2. The predicted molar refractivity (Wildman–Crippen MR) is 77.6 cm³/mol. The van der Waals surface area contributed by atoms with Crippen LogP contribution in [0.3, 0.4) is 0 Å². The van der Waals surface area contributed by atoms with E-state index in [0.29, 0.717) is 25.3 Å². The molecule has 2 heterocycles. The number of aromatic nitrogens is 2. The van der Waals surface area contributed by atoms with Gasteiger partial charge in [-0.25, -0.2) is 4.79 Å². The summed E-state index contributed by atoms with van der Waals surface area (Å²) in [5.41, 5.74) is 2.10. The van der Waals surface area contributed by atoms with E-state index in [4.69, 9.17) is 9.84 Å². The van der Waals surface area contributed by atoms with E-state index in [0.717, 1.165) is 24.1 Å². The number of aliphatic carboxylic acids is 1. The molecule has 1 aliphatic heterocycles. The Morgan fingerprint density at radius 1 is 1.43 bits per heavy atom. The van der Waals surface area contributed by atoms with Crippen LogP contribution in [0.2, 0.25) is 0 Å². The van der Waals surface area contributed by atoms with Gasteiger partial charge >= 0.3 is 11.7 Å². The summed E-state index contributed by atoms with van der Waals surface area (Å²) in [5.74, 6) is -1.33. The van der Waals surface area contributed by atoms with E-state index < -0.39 is 11.9 Å². The van der Waals surface area contributed by atoms with Crippen molar-refractivity contribution in [3.8, 4) is 0 Å². The van der Waals surface area contributed by atoms with Crippen molar-refractivity contribution in [2.45, 2.75) is 46.1 Å². The first kappa shape index (κ1) is 15.7. The molecule has 1 aromatic rings. The van der Waals surface area contributed by atoms with Crippen molar-refractivity contribution in [3.05, 3.63) is 27.4 Å². The normalized spacial score (nSPS) is 17.7. The second-order valence-corrected chi connectivity index (χ2v) is 5.70. The zero-order valence-electron chi connectivity index (χ0n) is 12.8. The van der Waals surface area contributed by atoms with Crippen molar-refractivity contribution in [2.24, 2.45) is 5.92 Å². The van der Waals surface area contributed by atoms with Crippen LogP contribution < -0.4 is 5.69 Å². The smallest absolute Gasteiger partial charge is 0.348 e. The van der Waals surface area contributed by atoms with Crippen LogP contribution >= 0.6 is 0 Å². The Labute approximate surface area is 123 Å². The fourth-order valence-corrected chi connectivity index (χ4v) is 2.88. The highest BCUT2D eigenvalue weighted by Gasteiger charge is 2.23. The molecule has 0 radical (unpaired) electrons. The van der Waals surface area contributed by atoms with E-state index >= 15 is 0 Å². The lowest BCUT2D eigenvalue weighted by atomic mass is 9.98. The molecule has 1 saturated heterocycles. The fraction of sp³-hybridized carbons (Fsp3) is 0.667. The van der Waals surface area contributed by atoms with Crippen LogP contribution in [0.4, 0.5) is 0 Å². The standard InChI is InChI=1S/C15H22N2O4/c1-9(14(18)19)8-13-10(2)16-15(20)17(11(13)3)12-4-6-21-7-5-12/h9,12H,4-8H2,1-3H3,(H,18,19). The molecule has 1 N–H and O–H groups in total. The highest BCUT2D eigenvalue weighted by Crippen LogP contribution is 2.23. The van der Waals surface area contributed by atoms with E-state index in [1.165, 1.54) is 0 Å². The van der Waals surface area contributed by atoms with Gasteiger partial charge in [0.25, 0.3) is 0 Å². The fourth-order valence-electron chi connectivity index (χ4n) is 2.88. The topological polar surface area (TPSA) is 81.4 Å². The molecule has 1 fully saturated rings. The number of carboxylic acid groups (broad SMARTS) is 1. The van der Waals surface area contributed by atoms with Gasteiger partial charge in [-0.1, -0.05) is 6.92 Å². The minimum absolute atomic E-state index is 0.0956. The first-order valence-corrected chi connectivity index (χ1v) is 7.31. The van der Waals surface area contributed by atoms with E-state index in [1.54, 1.807) is 18.4 Å². The molecule has 6 nitrogen and oxygen atoms in total. The largest absolute Gasteiger partial charge is 0.481 e. The van der Waals surface area contributed by atoms with Gasteiger partial charge in [0, 0.05) is 30.6 Å². The zero-order valence-corrected chi connectivity index (χ0v) is 12.8. The van der Waals surface area contributed by atoms with Crippen molar-refractivity contribution >= 4 is 5.97 Å². The SMILES string of the molecule is Cc1nc(=O)n(C2CCOCC2)c(C)c1CC(C)C(=O)O. The molecule has 0 amide bonds. The molecule has 0 aliphatic carbocycles. The summed E-state index contributed by atoms with van der Waals surface area (Å²) >= 11 is 0. The third-order valence-corrected chi connectivity index (χ3v) is 4.19. The summed E-state index contributed by atoms with van der Waals surface area (Å²) in [5, 5.41) is 9.09. The average molecular weight is 294 g/mol. The van der Waals surface area contributed by atoms with Gasteiger partial charge in [-0.2, -0.15) is 4.98 Å². The lowest BCUT2D eigenvalue weighted by molar-refractivity contribution is -0.141. The minimum Gasteiger partial charge on any atom is -0.481 e. The molecular weight excluding hydrogens is 272 g/mol. The Morgan fingerprint density at radius 2 is 2.05 bits per heavy atom. The van der Waals surface area contributed by atoms with Crippen molar-refractivity contribution in [1.29, 1.82) is 0 Å². The number of nitrogens with zero attached hydrogens (tertiary/aromatic N) is 2. The lowest BCUT2D eigenvalue weighted by Gasteiger charge is -2.27. The molecular formula is C15H22N2O4. The number of carbonyl (C=O) groups is 1. The van der Waals surface area contributed by atoms with Crippen LogP contribution in [0, 0.1) is 19.8 Å². The van der Waals surface area contributed by atoms with E-state index in [9.17, 15) is 9.59 Å². The van der Waals surface area contributed by atoms with E-state index in [1.807, 2.05) is 6.92 Å². The summed E-state index contributed by atoms with van der Waals surface area (Å²) < 4.78 is 7.06. The quantitative estimate of drug-likeness (QED) is 0.909. The highest BCUT2D eigenvalue weighted by atomic mass is 16.5. The van der Waals surface area contributed by atoms with Gasteiger partial charge in [-0.3, -0.25) is 9.36 Å². The Hall–Kier alpha value is -1.69. The third-order valence-electron chi connectivity index (χ3n) is 4.19. The zero-order chi connectivity index (χ0) is 15.6. The van der Waals surface area contributed by atoms with Crippen molar-refractivity contribution in [3.63, 3.8) is 0 Å². The number of carboxylic acids is 1. The highest BCUT2D eigenvalue weighted by molar-refractivity contribution is 5.70. The minimum atomic E-state index is -0.836. The average Bonchev–Trinajstić information content (AvgIpc) is 2.44. The summed E-state index contributed by atoms with van der Waals surface area (Å²) in [7, 11) is 0. The Balaban J connectivity index is 2.41.